The number of methoxy groups -OCH3 is 1. The summed E-state index contributed by atoms with van der Waals surface area (Å²) < 4.78 is 30.8. The van der Waals surface area contributed by atoms with Gasteiger partial charge in [-0.1, -0.05) is 29.8 Å². The maximum Gasteiger partial charge on any atom is 0.190 e. The number of ether oxygens (including phenoxy) is 1. The first-order valence-corrected chi connectivity index (χ1v) is 8.27. The molecule has 0 aliphatic heterocycles. The van der Waals surface area contributed by atoms with Crippen molar-refractivity contribution in [2.75, 3.05) is 13.7 Å². The fourth-order valence-electron chi connectivity index (χ4n) is 2.23. The van der Waals surface area contributed by atoms with Gasteiger partial charge >= 0.3 is 0 Å². The predicted molar refractivity (Wildman–Crippen MR) is 81.9 cm³/mol. The molecule has 0 aliphatic rings. The Kier molecular flexibility index (Phi) is 4.65. The van der Waals surface area contributed by atoms with Gasteiger partial charge in [0.25, 0.3) is 0 Å². The van der Waals surface area contributed by atoms with Crippen LogP contribution in [0.5, 0.6) is 5.75 Å². The molecule has 4 nitrogen and oxygen atoms in total. The molecular weight excluding hydrogens is 286 g/mol. The molecule has 5 heteroatoms. The monoisotopic (exact) mass is 306 g/mol. The van der Waals surface area contributed by atoms with Crippen LogP contribution in [0.15, 0.2) is 53.4 Å². The van der Waals surface area contributed by atoms with Gasteiger partial charge in [-0.05, 0) is 36.8 Å². The van der Waals surface area contributed by atoms with Crippen LogP contribution in [0, 0.1) is 6.92 Å². The van der Waals surface area contributed by atoms with Crippen molar-refractivity contribution in [3.8, 4) is 5.75 Å². The van der Waals surface area contributed by atoms with Crippen molar-refractivity contribution in [2.24, 2.45) is 0 Å². The third-order valence-electron chi connectivity index (χ3n) is 3.45. The highest BCUT2D eigenvalue weighted by atomic mass is 32.2. The highest BCUT2D eigenvalue weighted by molar-refractivity contribution is 7.91. The van der Waals surface area contributed by atoms with Crippen LogP contribution in [0.4, 0.5) is 0 Å². The topological polar surface area (TPSA) is 71.0 Å². The van der Waals surface area contributed by atoms with Gasteiger partial charge in [0.2, 0.25) is 0 Å². The van der Waals surface area contributed by atoms with E-state index < -0.39 is 15.1 Å². The number of benzene rings is 2. The van der Waals surface area contributed by atoms with Crippen molar-refractivity contribution >= 4 is 9.84 Å². The minimum absolute atomic E-state index is 0.267. The molecule has 0 heterocycles. The van der Waals surface area contributed by atoms with Crippen molar-refractivity contribution < 1.29 is 18.9 Å². The fourth-order valence-corrected chi connectivity index (χ4v) is 3.89. The molecule has 0 saturated carbocycles. The van der Waals surface area contributed by atoms with Gasteiger partial charge in [0, 0.05) is 0 Å². The SMILES string of the molecule is COc1cccc([C@H](C[NH3+])S(=O)(=O)c2ccc(C)cc2)c1. The highest BCUT2D eigenvalue weighted by Gasteiger charge is 2.29. The maximum atomic E-state index is 12.8. The van der Waals surface area contributed by atoms with Crippen molar-refractivity contribution in [3.05, 3.63) is 59.7 Å². The fraction of sp³-hybridized carbons (Fsp3) is 0.250. The summed E-state index contributed by atoms with van der Waals surface area (Å²) in [6, 6.07) is 14.0. The quantitative estimate of drug-likeness (QED) is 0.915. The van der Waals surface area contributed by atoms with E-state index >= 15 is 0 Å². The van der Waals surface area contributed by atoms with Gasteiger partial charge in [-0.25, -0.2) is 8.42 Å². The third-order valence-corrected chi connectivity index (χ3v) is 5.64. The molecule has 1 atom stereocenters. The lowest BCUT2D eigenvalue weighted by atomic mass is 10.1. The summed E-state index contributed by atoms with van der Waals surface area (Å²) in [6.07, 6.45) is 0. The van der Waals surface area contributed by atoms with E-state index in [4.69, 9.17) is 4.74 Å². The second kappa shape index (κ2) is 6.28. The molecule has 0 radical (unpaired) electrons. The summed E-state index contributed by atoms with van der Waals surface area (Å²) in [5.74, 6) is 0.644. The van der Waals surface area contributed by atoms with Gasteiger partial charge in [0.05, 0.1) is 18.6 Å². The Bertz CT molecular complexity index is 709. The van der Waals surface area contributed by atoms with Crippen molar-refractivity contribution in [1.29, 1.82) is 0 Å². The predicted octanol–water partition coefficient (Wildman–Crippen LogP) is 1.76. The van der Waals surface area contributed by atoms with Crippen LogP contribution >= 0.6 is 0 Å². The Balaban J connectivity index is 2.46. The Morgan fingerprint density at radius 1 is 1.14 bits per heavy atom. The number of rotatable bonds is 5. The van der Waals surface area contributed by atoms with Gasteiger partial charge in [0.1, 0.15) is 11.0 Å². The average molecular weight is 306 g/mol. The van der Waals surface area contributed by atoms with Gasteiger partial charge < -0.3 is 10.5 Å². The zero-order valence-electron chi connectivity index (χ0n) is 12.2. The highest BCUT2D eigenvalue weighted by Crippen LogP contribution is 2.29. The minimum Gasteiger partial charge on any atom is -0.497 e. The minimum atomic E-state index is -3.46. The largest absolute Gasteiger partial charge is 0.497 e. The van der Waals surface area contributed by atoms with Gasteiger partial charge in [-0.15, -0.1) is 0 Å². The summed E-state index contributed by atoms with van der Waals surface area (Å²) >= 11 is 0. The molecular formula is C16H20NO3S+. The van der Waals surface area contributed by atoms with Crippen LogP contribution in [0.3, 0.4) is 0 Å². The molecule has 2 aromatic rings. The lowest BCUT2D eigenvalue weighted by Crippen LogP contribution is -2.54. The van der Waals surface area contributed by atoms with Crippen molar-refractivity contribution in [1.82, 2.24) is 0 Å². The van der Waals surface area contributed by atoms with Crippen LogP contribution in [-0.2, 0) is 9.84 Å². The normalized spacial score (nSPS) is 12.9. The van der Waals surface area contributed by atoms with E-state index in [0.29, 0.717) is 16.2 Å². The van der Waals surface area contributed by atoms with E-state index in [1.165, 1.54) is 0 Å². The third kappa shape index (κ3) is 3.25. The summed E-state index contributed by atoms with van der Waals surface area (Å²) in [6.45, 7) is 2.20. The Morgan fingerprint density at radius 3 is 2.38 bits per heavy atom. The molecule has 0 saturated heterocycles. The number of hydrogen-bond donors (Lipinski definition) is 1. The van der Waals surface area contributed by atoms with Gasteiger partial charge in [-0.3, -0.25) is 0 Å². The molecule has 0 bridgehead atoms. The molecule has 0 unspecified atom stereocenters. The Hall–Kier alpha value is -1.85. The van der Waals surface area contributed by atoms with Crippen molar-refractivity contribution in [3.63, 3.8) is 0 Å². The van der Waals surface area contributed by atoms with E-state index in [1.807, 2.05) is 6.92 Å². The molecule has 2 aromatic carbocycles. The second-order valence-corrected chi connectivity index (χ2v) is 7.04. The molecule has 0 fully saturated rings. The first-order chi connectivity index (χ1) is 9.98. The molecule has 2 rings (SSSR count). The first kappa shape index (κ1) is 15.5. The number of sulfone groups is 1. The van der Waals surface area contributed by atoms with Crippen LogP contribution in [0.1, 0.15) is 16.4 Å². The van der Waals surface area contributed by atoms with Gasteiger partial charge in [-0.2, -0.15) is 0 Å². The lowest BCUT2D eigenvalue weighted by Gasteiger charge is -2.15. The zero-order chi connectivity index (χ0) is 15.5. The Morgan fingerprint density at radius 2 is 1.81 bits per heavy atom. The molecule has 0 spiro atoms. The van der Waals surface area contributed by atoms with Crippen LogP contribution in [0.2, 0.25) is 0 Å². The number of aryl methyl sites for hydroxylation is 1. The van der Waals surface area contributed by atoms with Gasteiger partial charge in [0.15, 0.2) is 9.84 Å². The summed E-state index contributed by atoms with van der Waals surface area (Å²) in [7, 11) is -1.90. The zero-order valence-corrected chi connectivity index (χ0v) is 13.1. The maximum absolute atomic E-state index is 12.8. The van der Waals surface area contributed by atoms with Crippen LogP contribution in [-0.4, -0.2) is 22.1 Å². The summed E-state index contributed by atoms with van der Waals surface area (Å²) in [5, 5.41) is -0.671. The lowest BCUT2D eigenvalue weighted by molar-refractivity contribution is -0.367. The standard InChI is InChI=1S/C16H19NO3S/c1-12-6-8-15(9-7-12)21(18,19)16(11-17)13-4-3-5-14(10-13)20-2/h3-10,16H,11,17H2,1-2H3/p+1/t16-/m0/s1. The van der Waals surface area contributed by atoms with Crippen LogP contribution < -0.4 is 10.5 Å². The van der Waals surface area contributed by atoms with E-state index in [1.54, 1.807) is 55.6 Å². The first-order valence-electron chi connectivity index (χ1n) is 6.73. The Labute approximate surface area is 125 Å². The second-order valence-electron chi connectivity index (χ2n) is 4.91. The van der Waals surface area contributed by atoms with E-state index in [2.05, 4.69) is 5.73 Å². The summed E-state index contributed by atoms with van der Waals surface area (Å²) in [4.78, 5) is 0.324. The molecule has 3 N–H and O–H groups in total. The molecule has 112 valence electrons. The molecule has 21 heavy (non-hydrogen) atoms. The summed E-state index contributed by atoms with van der Waals surface area (Å²) in [5.41, 5.74) is 5.54. The van der Waals surface area contributed by atoms with E-state index in [-0.39, 0.29) is 6.54 Å². The van der Waals surface area contributed by atoms with Crippen molar-refractivity contribution in [2.45, 2.75) is 17.1 Å². The number of quaternary nitrogens is 1. The van der Waals surface area contributed by atoms with E-state index in [9.17, 15) is 8.42 Å². The molecule has 0 amide bonds. The number of hydrogen-bond acceptors (Lipinski definition) is 3. The average Bonchev–Trinajstić information content (AvgIpc) is 2.48. The smallest absolute Gasteiger partial charge is 0.190 e. The van der Waals surface area contributed by atoms with E-state index in [0.717, 1.165) is 5.56 Å². The molecule has 0 aliphatic carbocycles. The molecule has 0 aromatic heterocycles. The van der Waals surface area contributed by atoms with Crippen LogP contribution in [0.25, 0.3) is 0 Å².